The lowest BCUT2D eigenvalue weighted by Gasteiger charge is -2.03. The van der Waals surface area contributed by atoms with E-state index in [1.807, 2.05) is 26.0 Å². The third kappa shape index (κ3) is 8.08. The van der Waals surface area contributed by atoms with Gasteiger partial charge in [-0.3, -0.25) is 0 Å². The van der Waals surface area contributed by atoms with Crippen LogP contribution in [0.2, 0.25) is 0 Å². The van der Waals surface area contributed by atoms with Crippen molar-refractivity contribution < 1.29 is 17.3 Å². The van der Waals surface area contributed by atoms with Gasteiger partial charge in [-0.2, -0.15) is 0 Å². The number of anilines is 1. The molecule has 8 heteroatoms. The Hall–Kier alpha value is -1.78. The van der Waals surface area contributed by atoms with Crippen LogP contribution in [0.1, 0.15) is 12.5 Å². The molecule has 0 radical (unpaired) electrons. The van der Waals surface area contributed by atoms with E-state index < -0.39 is 7.25 Å². The molecule has 0 atom stereocenters. The molecule has 0 aliphatic heterocycles. The molecular formula is C9H12BF4N3. The van der Waals surface area contributed by atoms with E-state index in [0.29, 0.717) is 5.69 Å². The molecule has 0 bridgehead atoms. The summed E-state index contributed by atoms with van der Waals surface area (Å²) in [6.45, 7) is 4.92. The van der Waals surface area contributed by atoms with Crippen molar-refractivity contribution in [1.29, 1.82) is 5.39 Å². The lowest BCUT2D eigenvalue weighted by atomic mass is 10.2. The van der Waals surface area contributed by atoms with Crippen LogP contribution in [0.25, 0.3) is 4.98 Å². The number of rotatable bonds is 2. The van der Waals surface area contributed by atoms with Crippen molar-refractivity contribution in [3.8, 4) is 0 Å². The number of hydrogen-bond donors (Lipinski definition) is 1. The SMILES string of the molecule is CCNc1ccc([N+]#N)cc1C.F[B-](F)(F)F. The zero-order valence-corrected chi connectivity index (χ0v) is 9.42. The van der Waals surface area contributed by atoms with Crippen LogP contribution in [-0.2, 0) is 0 Å². The molecule has 1 rings (SSSR count). The standard InChI is InChI=1S/C9H12N3.BF4/c1-3-11-9-5-4-8(12-10)6-7(9)2;2-1(3,4)5/h4-6,11H,3H2,1-2H3;/q+1;-1. The highest BCUT2D eigenvalue weighted by atomic mass is 19.5. The van der Waals surface area contributed by atoms with E-state index in [2.05, 4.69) is 10.3 Å². The first-order chi connectivity index (χ1) is 7.77. The molecule has 0 aliphatic carbocycles. The Bertz CT molecular complexity index is 394. The van der Waals surface area contributed by atoms with Gasteiger partial charge in [0, 0.05) is 24.4 Å². The van der Waals surface area contributed by atoms with Crippen molar-refractivity contribution in [3.05, 3.63) is 28.7 Å². The smallest absolute Gasteiger partial charge is 0.418 e. The Morgan fingerprint density at radius 1 is 1.29 bits per heavy atom. The molecule has 1 aromatic rings. The largest absolute Gasteiger partial charge is 0.673 e. The maximum atomic E-state index is 9.75. The van der Waals surface area contributed by atoms with Gasteiger partial charge in [-0.15, -0.1) is 0 Å². The minimum absolute atomic E-state index is 0.592. The Morgan fingerprint density at radius 2 is 1.82 bits per heavy atom. The number of nitrogens with one attached hydrogen (secondary N) is 1. The Morgan fingerprint density at radius 3 is 2.18 bits per heavy atom. The molecule has 0 aromatic heterocycles. The van der Waals surface area contributed by atoms with Crippen LogP contribution in [0.15, 0.2) is 18.2 Å². The second-order valence-electron chi connectivity index (χ2n) is 3.12. The molecule has 0 saturated heterocycles. The Kier molecular flexibility index (Phi) is 6.03. The van der Waals surface area contributed by atoms with E-state index in [-0.39, 0.29) is 0 Å². The summed E-state index contributed by atoms with van der Waals surface area (Å²) in [7, 11) is -6.00. The van der Waals surface area contributed by atoms with Gasteiger partial charge >= 0.3 is 12.9 Å². The molecule has 17 heavy (non-hydrogen) atoms. The summed E-state index contributed by atoms with van der Waals surface area (Å²) in [6.07, 6.45) is 0. The fourth-order valence-electron chi connectivity index (χ4n) is 1.10. The minimum Gasteiger partial charge on any atom is -0.418 e. The topological polar surface area (TPSA) is 40.2 Å². The predicted molar refractivity (Wildman–Crippen MR) is 60.3 cm³/mol. The fraction of sp³-hybridized carbons (Fsp3) is 0.333. The molecule has 0 saturated carbocycles. The van der Waals surface area contributed by atoms with Gasteiger partial charge in [-0.05, 0) is 25.5 Å². The Labute approximate surface area is 96.6 Å². The molecule has 0 amide bonds. The van der Waals surface area contributed by atoms with Gasteiger partial charge in [0.05, 0.1) is 0 Å². The zero-order chi connectivity index (χ0) is 13.5. The zero-order valence-electron chi connectivity index (χ0n) is 9.42. The van der Waals surface area contributed by atoms with Gasteiger partial charge in [-0.1, -0.05) is 0 Å². The van der Waals surface area contributed by atoms with Gasteiger partial charge in [0.1, 0.15) is 0 Å². The summed E-state index contributed by atoms with van der Waals surface area (Å²) in [5.74, 6) is 0. The summed E-state index contributed by atoms with van der Waals surface area (Å²) < 4.78 is 39.0. The molecule has 0 spiro atoms. The molecule has 1 aromatic carbocycles. The fourth-order valence-corrected chi connectivity index (χ4v) is 1.10. The van der Waals surface area contributed by atoms with Crippen LogP contribution in [0.3, 0.4) is 0 Å². The van der Waals surface area contributed by atoms with Crippen LogP contribution >= 0.6 is 0 Å². The summed E-state index contributed by atoms with van der Waals surface area (Å²) in [6, 6.07) is 5.51. The van der Waals surface area contributed by atoms with Gasteiger partial charge in [0.25, 0.3) is 0 Å². The number of hydrogen-bond acceptors (Lipinski definition) is 2. The number of aryl methyl sites for hydroxylation is 1. The van der Waals surface area contributed by atoms with Crippen molar-refractivity contribution in [2.45, 2.75) is 13.8 Å². The first-order valence-electron chi connectivity index (χ1n) is 4.85. The molecule has 1 N–H and O–H groups in total. The van der Waals surface area contributed by atoms with Crippen LogP contribution in [0.4, 0.5) is 28.6 Å². The molecule has 3 nitrogen and oxygen atoms in total. The van der Waals surface area contributed by atoms with E-state index >= 15 is 0 Å². The highest BCUT2D eigenvalue weighted by molar-refractivity contribution is 6.50. The summed E-state index contributed by atoms with van der Waals surface area (Å²) in [4.78, 5) is 3.10. The van der Waals surface area contributed by atoms with Crippen molar-refractivity contribution in [3.63, 3.8) is 0 Å². The average Bonchev–Trinajstić information content (AvgIpc) is 2.19. The van der Waals surface area contributed by atoms with E-state index in [0.717, 1.165) is 17.8 Å². The molecule has 0 heterocycles. The molecule has 0 aliphatic rings. The van der Waals surface area contributed by atoms with Crippen molar-refractivity contribution in [2.24, 2.45) is 0 Å². The predicted octanol–water partition coefficient (Wildman–Crippen LogP) is 4.21. The quantitative estimate of drug-likeness (QED) is 0.484. The monoisotopic (exact) mass is 249 g/mol. The summed E-state index contributed by atoms with van der Waals surface area (Å²) in [5, 5.41) is 11.7. The summed E-state index contributed by atoms with van der Waals surface area (Å²) in [5.41, 5.74) is 2.77. The van der Waals surface area contributed by atoms with Crippen LogP contribution in [0.5, 0.6) is 0 Å². The number of benzene rings is 1. The maximum Gasteiger partial charge on any atom is 0.673 e. The van der Waals surface area contributed by atoms with Crippen LogP contribution < -0.4 is 5.32 Å². The minimum atomic E-state index is -6.00. The molecular weight excluding hydrogens is 237 g/mol. The van der Waals surface area contributed by atoms with E-state index in [1.54, 1.807) is 6.07 Å². The van der Waals surface area contributed by atoms with Crippen LogP contribution in [-0.4, -0.2) is 13.8 Å². The lowest BCUT2D eigenvalue weighted by Crippen LogP contribution is -2.02. The number of diazo groups is 1. The maximum absolute atomic E-state index is 9.75. The van der Waals surface area contributed by atoms with Crippen molar-refractivity contribution >= 4 is 18.6 Å². The van der Waals surface area contributed by atoms with E-state index in [1.165, 1.54) is 0 Å². The number of halogens is 4. The average molecular weight is 249 g/mol. The second kappa shape index (κ2) is 6.73. The summed E-state index contributed by atoms with van der Waals surface area (Å²) >= 11 is 0. The normalized spacial score (nSPS) is 9.94. The lowest BCUT2D eigenvalue weighted by molar-refractivity contribution is 0.368. The third-order valence-corrected chi connectivity index (χ3v) is 1.69. The first kappa shape index (κ1) is 15.2. The van der Waals surface area contributed by atoms with Crippen LogP contribution in [0, 0.1) is 12.3 Å². The molecule has 0 unspecified atom stereocenters. The molecule has 0 fully saturated rings. The first-order valence-corrected chi connectivity index (χ1v) is 4.85. The van der Waals surface area contributed by atoms with E-state index in [9.17, 15) is 17.3 Å². The van der Waals surface area contributed by atoms with Gasteiger partial charge in [0.15, 0.2) is 4.98 Å². The third-order valence-electron chi connectivity index (χ3n) is 1.69. The molecule has 94 valence electrons. The Balaban J connectivity index is 0.000000437. The number of nitrogens with zero attached hydrogens (tertiary/aromatic N) is 2. The van der Waals surface area contributed by atoms with Crippen molar-refractivity contribution in [1.82, 2.24) is 0 Å². The van der Waals surface area contributed by atoms with Crippen molar-refractivity contribution in [2.75, 3.05) is 11.9 Å². The second-order valence-corrected chi connectivity index (χ2v) is 3.12. The highest BCUT2D eigenvalue weighted by Crippen LogP contribution is 2.21. The van der Waals surface area contributed by atoms with Gasteiger partial charge in [-0.25, -0.2) is 0 Å². The van der Waals surface area contributed by atoms with E-state index in [4.69, 9.17) is 5.39 Å². The highest BCUT2D eigenvalue weighted by Gasteiger charge is 2.20. The van der Waals surface area contributed by atoms with Gasteiger partial charge in [0.2, 0.25) is 5.39 Å². The van der Waals surface area contributed by atoms with Gasteiger partial charge < -0.3 is 22.6 Å².